The van der Waals surface area contributed by atoms with Crippen LogP contribution < -0.4 is 14.5 Å². The number of nitrogens with zero attached hydrogens (tertiary/aromatic N) is 4. The van der Waals surface area contributed by atoms with Crippen molar-refractivity contribution in [2.24, 2.45) is 0 Å². The molecule has 34 heavy (non-hydrogen) atoms. The van der Waals surface area contributed by atoms with Crippen molar-refractivity contribution >= 4 is 23.0 Å². The number of hydrogen-bond acceptors (Lipinski definition) is 6. The molecule has 0 N–H and O–H groups in total. The molecule has 0 radical (unpaired) electrons. The Hall–Kier alpha value is -4.07. The van der Waals surface area contributed by atoms with Crippen molar-refractivity contribution in [3.63, 3.8) is 0 Å². The number of rotatable bonds is 8. The Labute approximate surface area is 199 Å². The average molecular weight is 461 g/mol. The largest absolute Gasteiger partial charge is 0.497 e. The summed E-state index contributed by atoms with van der Waals surface area (Å²) in [5.74, 6) is 0.801. The number of nitro groups is 1. The molecular weight excluding hydrogens is 432 g/mol. The smallest absolute Gasteiger partial charge is 0.292 e. The summed E-state index contributed by atoms with van der Waals surface area (Å²) in [4.78, 5) is 30.2. The number of para-hydroxylation sites is 2. The maximum absolute atomic E-state index is 13.2. The lowest BCUT2D eigenvalue weighted by atomic mass is 10.2. The average Bonchev–Trinajstić information content (AvgIpc) is 2.89. The first-order valence-corrected chi connectivity index (χ1v) is 11.2. The molecule has 0 aliphatic carbocycles. The highest BCUT2D eigenvalue weighted by Crippen LogP contribution is 2.28. The first-order chi connectivity index (χ1) is 16.5. The summed E-state index contributed by atoms with van der Waals surface area (Å²) in [6, 6.07) is 24.5. The molecule has 1 heterocycles. The third kappa shape index (κ3) is 5.46. The Morgan fingerprint density at radius 2 is 1.59 bits per heavy atom. The fourth-order valence-electron chi connectivity index (χ4n) is 4.18. The predicted octanol–water partition coefficient (Wildman–Crippen LogP) is 3.96. The number of piperazine rings is 1. The Bertz CT molecular complexity index is 1110. The predicted molar refractivity (Wildman–Crippen MR) is 132 cm³/mol. The van der Waals surface area contributed by atoms with E-state index >= 15 is 0 Å². The number of nitro benzene ring substituents is 1. The SMILES string of the molecule is COc1ccc(N(CC(=O)N2CCN(c3ccccc3[N+](=O)[O-])CC2)Cc2ccccc2)cc1. The van der Waals surface area contributed by atoms with E-state index in [4.69, 9.17) is 4.74 Å². The van der Waals surface area contributed by atoms with Gasteiger partial charge in [-0.25, -0.2) is 0 Å². The third-order valence-corrected chi connectivity index (χ3v) is 6.03. The Kier molecular flexibility index (Phi) is 7.27. The molecule has 4 rings (SSSR count). The zero-order valence-corrected chi connectivity index (χ0v) is 19.2. The van der Waals surface area contributed by atoms with E-state index in [2.05, 4.69) is 4.90 Å². The van der Waals surface area contributed by atoms with Gasteiger partial charge in [0.2, 0.25) is 5.91 Å². The Morgan fingerprint density at radius 3 is 2.24 bits per heavy atom. The fraction of sp³-hybridized carbons (Fsp3) is 0.269. The van der Waals surface area contributed by atoms with E-state index in [1.165, 1.54) is 6.07 Å². The van der Waals surface area contributed by atoms with E-state index in [0.717, 1.165) is 17.0 Å². The number of amides is 1. The van der Waals surface area contributed by atoms with Gasteiger partial charge in [-0.1, -0.05) is 42.5 Å². The van der Waals surface area contributed by atoms with Gasteiger partial charge in [0, 0.05) is 44.5 Å². The van der Waals surface area contributed by atoms with Gasteiger partial charge in [0.25, 0.3) is 5.69 Å². The number of benzene rings is 3. The fourth-order valence-corrected chi connectivity index (χ4v) is 4.18. The van der Waals surface area contributed by atoms with Crippen molar-refractivity contribution in [1.82, 2.24) is 4.90 Å². The second-order valence-corrected chi connectivity index (χ2v) is 8.15. The minimum absolute atomic E-state index is 0.0361. The van der Waals surface area contributed by atoms with Crippen LogP contribution in [0.3, 0.4) is 0 Å². The molecule has 176 valence electrons. The molecule has 0 spiro atoms. The van der Waals surface area contributed by atoms with Gasteiger partial charge < -0.3 is 19.4 Å². The van der Waals surface area contributed by atoms with Crippen LogP contribution in [0.1, 0.15) is 5.56 Å². The summed E-state index contributed by atoms with van der Waals surface area (Å²) < 4.78 is 5.27. The third-order valence-electron chi connectivity index (χ3n) is 6.03. The molecule has 1 saturated heterocycles. The van der Waals surface area contributed by atoms with E-state index < -0.39 is 0 Å². The lowest BCUT2D eigenvalue weighted by Gasteiger charge is -2.37. The standard InChI is InChI=1S/C26H28N4O4/c1-34-23-13-11-22(12-14-23)29(19-21-7-3-2-4-8-21)20-26(31)28-17-15-27(16-18-28)24-9-5-6-10-25(24)30(32)33/h2-14H,15-20H2,1H3. The van der Waals surface area contributed by atoms with Gasteiger partial charge in [-0.05, 0) is 35.9 Å². The van der Waals surface area contributed by atoms with Gasteiger partial charge in [0.05, 0.1) is 18.6 Å². The minimum atomic E-state index is -0.358. The van der Waals surface area contributed by atoms with Gasteiger partial charge in [0.1, 0.15) is 11.4 Å². The van der Waals surface area contributed by atoms with Crippen LogP contribution in [0, 0.1) is 10.1 Å². The van der Waals surface area contributed by atoms with Gasteiger partial charge in [-0.3, -0.25) is 14.9 Å². The molecule has 1 fully saturated rings. The molecule has 3 aromatic carbocycles. The first kappa shape index (κ1) is 23.1. The van der Waals surface area contributed by atoms with Crippen LogP contribution >= 0.6 is 0 Å². The quantitative estimate of drug-likeness (QED) is 0.374. The zero-order chi connectivity index (χ0) is 23.9. The molecule has 1 amide bonds. The van der Waals surface area contributed by atoms with E-state index in [1.54, 1.807) is 25.3 Å². The van der Waals surface area contributed by atoms with Crippen LogP contribution in [0.25, 0.3) is 0 Å². The highest BCUT2D eigenvalue weighted by atomic mass is 16.6. The topological polar surface area (TPSA) is 79.2 Å². The molecular formula is C26H28N4O4. The summed E-state index contributed by atoms with van der Waals surface area (Å²) in [6.07, 6.45) is 0. The van der Waals surface area contributed by atoms with Crippen molar-refractivity contribution in [2.45, 2.75) is 6.54 Å². The second-order valence-electron chi connectivity index (χ2n) is 8.15. The molecule has 1 aliphatic rings. The highest BCUT2D eigenvalue weighted by Gasteiger charge is 2.26. The van der Waals surface area contributed by atoms with Gasteiger partial charge in [0.15, 0.2) is 0 Å². The molecule has 0 aromatic heterocycles. The number of hydrogen-bond donors (Lipinski definition) is 0. The summed E-state index contributed by atoms with van der Waals surface area (Å²) in [7, 11) is 1.63. The molecule has 8 nitrogen and oxygen atoms in total. The number of carbonyl (C=O) groups excluding carboxylic acids is 1. The summed E-state index contributed by atoms with van der Waals surface area (Å²) in [5, 5.41) is 11.4. The van der Waals surface area contributed by atoms with Gasteiger partial charge >= 0.3 is 0 Å². The van der Waals surface area contributed by atoms with Crippen LogP contribution in [-0.2, 0) is 11.3 Å². The van der Waals surface area contributed by atoms with Crippen LogP contribution in [0.5, 0.6) is 5.75 Å². The van der Waals surface area contributed by atoms with Crippen LogP contribution in [-0.4, -0.2) is 55.6 Å². The molecule has 1 aliphatic heterocycles. The van der Waals surface area contributed by atoms with Crippen molar-refractivity contribution in [2.75, 3.05) is 49.6 Å². The van der Waals surface area contributed by atoms with Gasteiger partial charge in [-0.2, -0.15) is 0 Å². The second kappa shape index (κ2) is 10.7. The normalized spacial score (nSPS) is 13.4. The van der Waals surface area contributed by atoms with Crippen LogP contribution in [0.2, 0.25) is 0 Å². The van der Waals surface area contributed by atoms with Gasteiger partial charge in [-0.15, -0.1) is 0 Å². The Balaban J connectivity index is 1.44. The highest BCUT2D eigenvalue weighted by molar-refractivity contribution is 5.82. The van der Waals surface area contributed by atoms with E-state index in [1.807, 2.05) is 64.4 Å². The number of carbonyl (C=O) groups is 1. The molecule has 0 saturated carbocycles. The first-order valence-electron chi connectivity index (χ1n) is 11.2. The van der Waals surface area contributed by atoms with E-state index in [-0.39, 0.29) is 23.1 Å². The van der Waals surface area contributed by atoms with Crippen LogP contribution in [0.15, 0.2) is 78.9 Å². The monoisotopic (exact) mass is 460 g/mol. The van der Waals surface area contributed by atoms with Crippen molar-refractivity contribution < 1.29 is 14.5 Å². The van der Waals surface area contributed by atoms with Crippen LogP contribution in [0.4, 0.5) is 17.1 Å². The molecule has 8 heteroatoms. The zero-order valence-electron chi connectivity index (χ0n) is 19.2. The number of ether oxygens (including phenoxy) is 1. The van der Waals surface area contributed by atoms with Crippen molar-refractivity contribution in [3.05, 3.63) is 94.5 Å². The number of anilines is 2. The summed E-state index contributed by atoms with van der Waals surface area (Å²) in [6.45, 7) is 3.00. The molecule has 0 atom stereocenters. The molecule has 0 unspecified atom stereocenters. The minimum Gasteiger partial charge on any atom is -0.497 e. The summed E-state index contributed by atoms with van der Waals surface area (Å²) in [5.41, 5.74) is 2.75. The maximum atomic E-state index is 13.2. The summed E-state index contributed by atoms with van der Waals surface area (Å²) >= 11 is 0. The van der Waals surface area contributed by atoms with E-state index in [0.29, 0.717) is 38.4 Å². The molecule has 3 aromatic rings. The van der Waals surface area contributed by atoms with Crippen molar-refractivity contribution in [3.8, 4) is 5.75 Å². The number of methoxy groups -OCH3 is 1. The maximum Gasteiger partial charge on any atom is 0.292 e. The Morgan fingerprint density at radius 1 is 0.941 bits per heavy atom. The van der Waals surface area contributed by atoms with Crippen molar-refractivity contribution in [1.29, 1.82) is 0 Å². The lowest BCUT2D eigenvalue weighted by molar-refractivity contribution is -0.384. The molecule has 0 bridgehead atoms. The van der Waals surface area contributed by atoms with E-state index in [9.17, 15) is 14.9 Å². The lowest BCUT2D eigenvalue weighted by Crippen LogP contribution is -2.51.